The van der Waals surface area contributed by atoms with Crippen molar-refractivity contribution in [3.05, 3.63) is 48.0 Å². The van der Waals surface area contributed by atoms with Crippen molar-refractivity contribution in [3.63, 3.8) is 0 Å². The molecule has 0 spiro atoms. The second-order valence-corrected chi connectivity index (χ2v) is 9.14. The fourth-order valence-corrected chi connectivity index (χ4v) is 4.61. The maximum absolute atomic E-state index is 12.9. The van der Waals surface area contributed by atoms with Crippen molar-refractivity contribution in [3.8, 4) is 11.5 Å². The lowest BCUT2D eigenvalue weighted by atomic mass is 10.1. The number of aryl methyl sites for hydroxylation is 1. The largest absolute Gasteiger partial charge is 0.497 e. The number of nitrogens with one attached hydrogen (secondary N) is 1. The van der Waals surface area contributed by atoms with E-state index in [1.54, 1.807) is 12.0 Å². The molecule has 0 saturated carbocycles. The van der Waals surface area contributed by atoms with Crippen LogP contribution in [0.2, 0.25) is 0 Å². The van der Waals surface area contributed by atoms with Gasteiger partial charge < -0.3 is 19.7 Å². The summed E-state index contributed by atoms with van der Waals surface area (Å²) in [6.45, 7) is 9.37. The number of carbonyl (C=O) groups is 2. The maximum Gasteiger partial charge on any atom is 0.268 e. The van der Waals surface area contributed by atoms with Gasteiger partial charge in [0.05, 0.1) is 12.8 Å². The van der Waals surface area contributed by atoms with Gasteiger partial charge in [-0.05, 0) is 68.3 Å². The standard InChI is InChI=1S/C27H36N4O4/c1-4-24-27(33)31(23-18-20(2)6-11-25(23)35-24)19-26(32)28-12-5-13-29-14-16-30(17-15-29)21-7-9-22(34-3)10-8-21/h6-11,18,24H,4-5,12-17,19H2,1-3H3,(H,28,32)/t24-/m0/s1. The summed E-state index contributed by atoms with van der Waals surface area (Å²) in [7, 11) is 1.68. The number of carbonyl (C=O) groups excluding carboxylic acids is 2. The van der Waals surface area contributed by atoms with Crippen LogP contribution >= 0.6 is 0 Å². The van der Waals surface area contributed by atoms with E-state index >= 15 is 0 Å². The van der Waals surface area contributed by atoms with Crippen molar-refractivity contribution < 1.29 is 19.1 Å². The van der Waals surface area contributed by atoms with E-state index in [1.165, 1.54) is 5.69 Å². The number of anilines is 2. The zero-order chi connectivity index (χ0) is 24.8. The summed E-state index contributed by atoms with van der Waals surface area (Å²) in [5.41, 5.74) is 2.91. The molecule has 2 heterocycles. The van der Waals surface area contributed by atoms with E-state index in [0.717, 1.165) is 50.5 Å². The van der Waals surface area contributed by atoms with E-state index in [4.69, 9.17) is 9.47 Å². The number of rotatable bonds is 9. The van der Waals surface area contributed by atoms with Crippen molar-refractivity contribution in [2.24, 2.45) is 0 Å². The molecule has 0 aliphatic carbocycles. The van der Waals surface area contributed by atoms with Gasteiger partial charge in [0.15, 0.2) is 6.10 Å². The molecule has 2 aromatic rings. The smallest absolute Gasteiger partial charge is 0.268 e. The molecule has 2 amide bonds. The molecule has 0 bridgehead atoms. The number of ether oxygens (including phenoxy) is 2. The minimum atomic E-state index is -0.547. The SMILES string of the molecule is CC[C@@H]1Oc2ccc(C)cc2N(CC(=O)NCCCN2CCN(c3ccc(OC)cc3)CC2)C1=O. The van der Waals surface area contributed by atoms with E-state index in [2.05, 4.69) is 27.2 Å². The quantitative estimate of drug-likeness (QED) is 0.557. The number of piperazine rings is 1. The summed E-state index contributed by atoms with van der Waals surface area (Å²) in [4.78, 5) is 31.9. The Morgan fingerprint density at radius 1 is 1.11 bits per heavy atom. The molecule has 0 unspecified atom stereocenters. The van der Waals surface area contributed by atoms with Gasteiger partial charge in [0.25, 0.3) is 5.91 Å². The Bertz CT molecular complexity index is 1020. The fraction of sp³-hybridized carbons (Fsp3) is 0.481. The predicted octanol–water partition coefficient (Wildman–Crippen LogP) is 2.84. The van der Waals surface area contributed by atoms with Crippen molar-refractivity contribution in [2.45, 2.75) is 32.8 Å². The van der Waals surface area contributed by atoms with Crippen LogP contribution in [0.1, 0.15) is 25.3 Å². The molecule has 2 aliphatic rings. The predicted molar refractivity (Wildman–Crippen MR) is 138 cm³/mol. The molecule has 35 heavy (non-hydrogen) atoms. The van der Waals surface area contributed by atoms with E-state index in [0.29, 0.717) is 24.4 Å². The molecule has 2 aromatic carbocycles. The van der Waals surface area contributed by atoms with Crippen molar-refractivity contribution in [2.75, 3.05) is 62.7 Å². The molecule has 0 aromatic heterocycles. The van der Waals surface area contributed by atoms with Crippen LogP contribution in [0.15, 0.2) is 42.5 Å². The lowest BCUT2D eigenvalue weighted by molar-refractivity contribution is -0.129. The molecule has 8 heteroatoms. The zero-order valence-electron chi connectivity index (χ0n) is 21.0. The topological polar surface area (TPSA) is 74.3 Å². The Kier molecular flexibility index (Phi) is 8.13. The minimum Gasteiger partial charge on any atom is -0.497 e. The van der Waals surface area contributed by atoms with E-state index in [-0.39, 0.29) is 18.4 Å². The van der Waals surface area contributed by atoms with E-state index in [1.807, 2.05) is 44.2 Å². The Morgan fingerprint density at radius 3 is 2.54 bits per heavy atom. The Balaban J connectivity index is 1.20. The Morgan fingerprint density at radius 2 is 1.86 bits per heavy atom. The van der Waals surface area contributed by atoms with Gasteiger partial charge >= 0.3 is 0 Å². The van der Waals surface area contributed by atoms with Gasteiger partial charge in [-0.3, -0.25) is 19.4 Å². The number of hydrogen-bond donors (Lipinski definition) is 1. The summed E-state index contributed by atoms with van der Waals surface area (Å²) in [6.07, 6.45) is 0.892. The van der Waals surface area contributed by atoms with Gasteiger partial charge in [-0.25, -0.2) is 0 Å². The monoisotopic (exact) mass is 480 g/mol. The molecule has 188 valence electrons. The second kappa shape index (κ2) is 11.4. The zero-order valence-corrected chi connectivity index (χ0v) is 21.0. The summed E-state index contributed by atoms with van der Waals surface area (Å²) in [5, 5.41) is 2.99. The second-order valence-electron chi connectivity index (χ2n) is 9.14. The van der Waals surface area contributed by atoms with Crippen LogP contribution < -0.4 is 24.6 Å². The number of methoxy groups -OCH3 is 1. The highest BCUT2D eigenvalue weighted by Gasteiger charge is 2.34. The third-order valence-corrected chi connectivity index (χ3v) is 6.67. The average molecular weight is 481 g/mol. The van der Waals surface area contributed by atoms with Crippen molar-refractivity contribution in [1.82, 2.24) is 10.2 Å². The van der Waals surface area contributed by atoms with Crippen molar-refractivity contribution in [1.29, 1.82) is 0 Å². The molecule has 0 radical (unpaired) electrons. The summed E-state index contributed by atoms with van der Waals surface area (Å²) < 4.78 is 11.1. The first-order valence-corrected chi connectivity index (χ1v) is 12.4. The van der Waals surface area contributed by atoms with Crippen LogP contribution in [-0.2, 0) is 9.59 Å². The lowest BCUT2D eigenvalue weighted by Gasteiger charge is -2.36. The van der Waals surface area contributed by atoms with Crippen LogP contribution in [0.4, 0.5) is 11.4 Å². The van der Waals surface area contributed by atoms with Crippen molar-refractivity contribution >= 4 is 23.2 Å². The van der Waals surface area contributed by atoms with Crippen LogP contribution in [0.3, 0.4) is 0 Å². The Labute approximate surface area is 207 Å². The molecule has 1 N–H and O–H groups in total. The number of amides is 2. The first-order chi connectivity index (χ1) is 17.0. The fourth-order valence-electron chi connectivity index (χ4n) is 4.61. The molecular formula is C27H36N4O4. The Hall–Kier alpha value is -3.26. The average Bonchev–Trinajstić information content (AvgIpc) is 2.88. The van der Waals surface area contributed by atoms with Gasteiger partial charge in [0.2, 0.25) is 5.91 Å². The molecule has 2 aliphatic heterocycles. The van der Waals surface area contributed by atoms with E-state index in [9.17, 15) is 9.59 Å². The summed E-state index contributed by atoms with van der Waals surface area (Å²) >= 11 is 0. The van der Waals surface area contributed by atoms with Crippen LogP contribution in [0, 0.1) is 6.92 Å². The van der Waals surface area contributed by atoms with Gasteiger partial charge in [0, 0.05) is 38.4 Å². The number of nitrogens with zero attached hydrogens (tertiary/aromatic N) is 3. The van der Waals surface area contributed by atoms with Gasteiger partial charge in [-0.1, -0.05) is 13.0 Å². The molecule has 1 fully saturated rings. The maximum atomic E-state index is 12.9. The summed E-state index contributed by atoms with van der Waals surface area (Å²) in [5.74, 6) is 1.22. The molecule has 4 rings (SSSR count). The highest BCUT2D eigenvalue weighted by Crippen LogP contribution is 2.35. The van der Waals surface area contributed by atoms with Gasteiger partial charge in [0.1, 0.15) is 18.0 Å². The molecule has 8 nitrogen and oxygen atoms in total. The minimum absolute atomic E-state index is 0.00961. The number of fused-ring (bicyclic) bond motifs is 1. The number of hydrogen-bond acceptors (Lipinski definition) is 6. The third-order valence-electron chi connectivity index (χ3n) is 6.67. The molecule has 1 saturated heterocycles. The van der Waals surface area contributed by atoms with Crippen LogP contribution in [0.25, 0.3) is 0 Å². The molecular weight excluding hydrogens is 444 g/mol. The number of benzene rings is 2. The first-order valence-electron chi connectivity index (χ1n) is 12.4. The highest BCUT2D eigenvalue weighted by atomic mass is 16.5. The lowest BCUT2D eigenvalue weighted by Crippen LogP contribution is -2.50. The molecule has 1 atom stereocenters. The third kappa shape index (κ3) is 6.06. The first kappa shape index (κ1) is 24.9. The van der Waals surface area contributed by atoms with Crippen LogP contribution in [-0.4, -0.2) is 75.7 Å². The highest BCUT2D eigenvalue weighted by molar-refractivity contribution is 6.03. The summed E-state index contributed by atoms with van der Waals surface area (Å²) in [6, 6.07) is 13.9. The van der Waals surface area contributed by atoms with Gasteiger partial charge in [-0.2, -0.15) is 0 Å². The normalized spacial score (nSPS) is 18.1. The van der Waals surface area contributed by atoms with E-state index < -0.39 is 6.10 Å². The van der Waals surface area contributed by atoms with Crippen LogP contribution in [0.5, 0.6) is 11.5 Å². The van der Waals surface area contributed by atoms with Gasteiger partial charge in [-0.15, -0.1) is 0 Å².